The zero-order valence-electron chi connectivity index (χ0n) is 21.3. The van der Waals surface area contributed by atoms with E-state index in [0.29, 0.717) is 11.8 Å². The van der Waals surface area contributed by atoms with E-state index in [4.69, 9.17) is 18.1 Å². The lowest BCUT2D eigenvalue weighted by Crippen LogP contribution is -2.45. The molecular formula is C27H38O6P2. The standard InChI is InChI=1S/C27H38O6P2/c1-5-21(3)25-11-7-23(8-12-25)15-34(28)30-17-27(18-31-34)19-32-35(29,33-20-27)16-24-9-13-26(14-10-24)22(4)6-2/h7-14,21-22H,5-6,15-20H2,1-4H3. The molecular weight excluding hydrogens is 482 g/mol. The van der Waals surface area contributed by atoms with Gasteiger partial charge in [0.15, 0.2) is 0 Å². The van der Waals surface area contributed by atoms with Gasteiger partial charge >= 0.3 is 15.2 Å². The molecule has 2 saturated heterocycles. The fraction of sp³-hybridized carbons (Fsp3) is 0.556. The highest BCUT2D eigenvalue weighted by Crippen LogP contribution is 2.61. The van der Waals surface area contributed by atoms with Crippen LogP contribution in [0.4, 0.5) is 0 Å². The Hall–Kier alpha value is -1.26. The highest BCUT2D eigenvalue weighted by molar-refractivity contribution is 7.53. The van der Waals surface area contributed by atoms with Crippen LogP contribution in [0.25, 0.3) is 0 Å². The lowest BCUT2D eigenvalue weighted by molar-refractivity contribution is -0.0690. The first-order valence-corrected chi connectivity index (χ1v) is 16.1. The molecule has 2 atom stereocenters. The summed E-state index contributed by atoms with van der Waals surface area (Å²) in [7, 11) is -6.51. The first-order chi connectivity index (χ1) is 16.7. The van der Waals surface area contributed by atoms with Gasteiger partial charge in [0.25, 0.3) is 0 Å². The molecule has 2 heterocycles. The molecule has 0 aromatic heterocycles. The lowest BCUT2D eigenvalue weighted by atomic mass is 9.93. The minimum Gasteiger partial charge on any atom is -0.307 e. The maximum Gasteiger partial charge on any atom is 0.335 e. The van der Waals surface area contributed by atoms with Crippen molar-refractivity contribution in [1.29, 1.82) is 0 Å². The van der Waals surface area contributed by atoms with Crippen LogP contribution >= 0.6 is 15.2 Å². The van der Waals surface area contributed by atoms with Crippen molar-refractivity contribution >= 4 is 15.2 Å². The summed E-state index contributed by atoms with van der Waals surface area (Å²) in [4.78, 5) is 0. The minimum atomic E-state index is -3.26. The Bertz CT molecular complexity index is 967. The van der Waals surface area contributed by atoms with Crippen LogP contribution in [0.5, 0.6) is 0 Å². The topological polar surface area (TPSA) is 71.1 Å². The molecule has 0 aliphatic carbocycles. The molecule has 0 radical (unpaired) electrons. The van der Waals surface area contributed by atoms with Crippen molar-refractivity contribution in [3.05, 3.63) is 70.8 Å². The molecule has 6 nitrogen and oxygen atoms in total. The first kappa shape index (κ1) is 26.8. The molecule has 0 N–H and O–H groups in total. The average Bonchev–Trinajstić information content (AvgIpc) is 2.88. The Morgan fingerprint density at radius 2 is 0.971 bits per heavy atom. The van der Waals surface area contributed by atoms with E-state index in [2.05, 4.69) is 52.0 Å². The molecule has 2 unspecified atom stereocenters. The molecule has 35 heavy (non-hydrogen) atoms. The zero-order chi connectivity index (χ0) is 25.1. The van der Waals surface area contributed by atoms with Gasteiger partial charge in [-0.1, -0.05) is 76.2 Å². The molecule has 0 bridgehead atoms. The Labute approximate surface area is 209 Å². The third-order valence-electron chi connectivity index (χ3n) is 7.34. The van der Waals surface area contributed by atoms with Crippen LogP contribution in [0.2, 0.25) is 0 Å². The van der Waals surface area contributed by atoms with Gasteiger partial charge in [-0.3, -0.25) is 9.13 Å². The van der Waals surface area contributed by atoms with E-state index in [1.54, 1.807) is 0 Å². The van der Waals surface area contributed by atoms with Gasteiger partial charge in [-0.25, -0.2) is 0 Å². The van der Waals surface area contributed by atoms with Crippen molar-refractivity contribution in [2.45, 2.75) is 64.7 Å². The van der Waals surface area contributed by atoms with Gasteiger partial charge in [0, 0.05) is 0 Å². The summed E-state index contributed by atoms with van der Waals surface area (Å²) in [6, 6.07) is 16.3. The number of rotatable bonds is 8. The van der Waals surface area contributed by atoms with Crippen LogP contribution in [-0.4, -0.2) is 26.4 Å². The van der Waals surface area contributed by atoms with Gasteiger partial charge in [-0.05, 0) is 46.9 Å². The second kappa shape index (κ2) is 11.0. The fourth-order valence-electron chi connectivity index (χ4n) is 4.27. The van der Waals surface area contributed by atoms with Gasteiger partial charge in [0.2, 0.25) is 0 Å². The number of hydrogen-bond donors (Lipinski definition) is 0. The molecule has 192 valence electrons. The number of benzene rings is 2. The van der Waals surface area contributed by atoms with Crippen LogP contribution in [0.1, 0.15) is 74.6 Å². The van der Waals surface area contributed by atoms with Crippen LogP contribution in [0, 0.1) is 5.41 Å². The van der Waals surface area contributed by atoms with Crippen molar-refractivity contribution in [2.75, 3.05) is 26.4 Å². The van der Waals surface area contributed by atoms with E-state index in [-0.39, 0.29) is 38.8 Å². The Balaban J connectivity index is 1.30. The predicted octanol–water partition coefficient (Wildman–Crippen LogP) is 7.88. The largest absolute Gasteiger partial charge is 0.335 e. The van der Waals surface area contributed by atoms with Gasteiger partial charge in [-0.15, -0.1) is 0 Å². The van der Waals surface area contributed by atoms with Crippen LogP contribution < -0.4 is 0 Å². The summed E-state index contributed by atoms with van der Waals surface area (Å²) in [6.07, 6.45) is 2.62. The van der Waals surface area contributed by atoms with Crippen LogP contribution in [0.3, 0.4) is 0 Å². The van der Waals surface area contributed by atoms with Crippen molar-refractivity contribution in [3.8, 4) is 0 Å². The van der Waals surface area contributed by atoms with Crippen molar-refractivity contribution in [2.24, 2.45) is 5.41 Å². The molecule has 2 aliphatic heterocycles. The van der Waals surface area contributed by atoms with Crippen LogP contribution in [0.15, 0.2) is 48.5 Å². The molecule has 8 heteroatoms. The fourth-order valence-corrected chi connectivity index (χ4v) is 7.98. The summed E-state index contributed by atoms with van der Waals surface area (Å²) in [5, 5.41) is 0. The number of hydrogen-bond acceptors (Lipinski definition) is 6. The maximum atomic E-state index is 13.2. The third kappa shape index (κ3) is 6.55. The lowest BCUT2D eigenvalue weighted by Gasteiger charge is -2.43. The summed E-state index contributed by atoms with van der Waals surface area (Å²) in [6.45, 7) is 9.49. The second-order valence-electron chi connectivity index (χ2n) is 10.2. The molecule has 2 aromatic rings. The molecule has 0 saturated carbocycles. The van der Waals surface area contributed by atoms with E-state index in [1.807, 2.05) is 24.3 Å². The average molecular weight is 521 g/mol. The van der Waals surface area contributed by atoms with Crippen molar-refractivity contribution in [3.63, 3.8) is 0 Å². The van der Waals surface area contributed by atoms with Crippen LogP contribution in [-0.2, 0) is 39.5 Å². The second-order valence-corrected chi connectivity index (χ2v) is 14.3. The van der Waals surface area contributed by atoms with Gasteiger partial charge in [0.05, 0.1) is 44.2 Å². The van der Waals surface area contributed by atoms with E-state index in [9.17, 15) is 9.13 Å². The van der Waals surface area contributed by atoms with Gasteiger partial charge in [0.1, 0.15) is 0 Å². The minimum absolute atomic E-state index is 0.193. The zero-order valence-corrected chi connectivity index (χ0v) is 23.1. The van der Waals surface area contributed by atoms with E-state index >= 15 is 0 Å². The monoisotopic (exact) mass is 520 g/mol. The van der Waals surface area contributed by atoms with E-state index < -0.39 is 20.6 Å². The smallest absolute Gasteiger partial charge is 0.307 e. The Morgan fingerprint density at radius 1 is 0.657 bits per heavy atom. The van der Waals surface area contributed by atoms with E-state index in [1.165, 1.54) is 11.1 Å². The summed E-state index contributed by atoms with van der Waals surface area (Å²) < 4.78 is 49.5. The Kier molecular flexibility index (Phi) is 8.43. The molecule has 1 spiro atoms. The van der Waals surface area contributed by atoms with Crippen molar-refractivity contribution < 1.29 is 27.2 Å². The molecule has 4 rings (SSSR count). The molecule has 2 aliphatic rings. The molecule has 0 amide bonds. The summed E-state index contributed by atoms with van der Waals surface area (Å²) in [5.74, 6) is 0.988. The Morgan fingerprint density at radius 3 is 1.26 bits per heavy atom. The predicted molar refractivity (Wildman–Crippen MR) is 139 cm³/mol. The van der Waals surface area contributed by atoms with E-state index in [0.717, 1.165) is 24.0 Å². The molecule has 2 fully saturated rings. The normalized spacial score (nSPS) is 30.7. The maximum absolute atomic E-state index is 13.2. The highest BCUT2D eigenvalue weighted by atomic mass is 31.2. The summed E-state index contributed by atoms with van der Waals surface area (Å²) >= 11 is 0. The van der Waals surface area contributed by atoms with Gasteiger partial charge < -0.3 is 18.1 Å². The summed E-state index contributed by atoms with van der Waals surface area (Å²) in [5.41, 5.74) is 3.80. The third-order valence-corrected chi connectivity index (χ3v) is 10.9. The SMILES string of the molecule is CCC(C)c1ccc(CP2(=O)OCC3(CO2)COP(=O)(Cc2ccc(C(C)CC)cc2)OC3)cc1. The van der Waals surface area contributed by atoms with Crippen molar-refractivity contribution in [1.82, 2.24) is 0 Å². The molecule has 2 aromatic carbocycles. The van der Waals surface area contributed by atoms with Gasteiger partial charge in [-0.2, -0.15) is 0 Å². The quantitative estimate of drug-likeness (QED) is 0.330. The first-order valence-electron chi connectivity index (χ1n) is 12.6. The highest BCUT2D eigenvalue weighted by Gasteiger charge is 2.48.